The smallest absolute Gasteiger partial charge is 0.312 e. The van der Waals surface area contributed by atoms with Crippen molar-refractivity contribution in [2.45, 2.75) is 5.92 Å². The average molecular weight is 309 g/mol. The lowest BCUT2D eigenvalue weighted by Gasteiger charge is -2.15. The van der Waals surface area contributed by atoms with E-state index in [0.29, 0.717) is 20.8 Å². The van der Waals surface area contributed by atoms with Crippen LogP contribution in [0.2, 0.25) is 5.02 Å². The van der Waals surface area contributed by atoms with Gasteiger partial charge in [-0.05, 0) is 33.6 Å². The quantitative estimate of drug-likeness (QED) is 0.895. The minimum atomic E-state index is -0.993. The van der Waals surface area contributed by atoms with Gasteiger partial charge in [0.2, 0.25) is 0 Å². The third kappa shape index (κ3) is 2.66. The monoisotopic (exact) mass is 307 g/mol. The van der Waals surface area contributed by atoms with Gasteiger partial charge in [-0.2, -0.15) is 0 Å². The van der Waals surface area contributed by atoms with Crippen molar-refractivity contribution in [1.29, 1.82) is 0 Å². The Labute approximate surface area is 106 Å². The Hall–Kier alpha value is -0.780. The molecule has 1 atom stereocenters. The predicted molar refractivity (Wildman–Crippen MR) is 65.1 cm³/mol. The Morgan fingerprint density at radius 3 is 2.75 bits per heavy atom. The highest BCUT2D eigenvalue weighted by Crippen LogP contribution is 2.36. The molecule has 88 valence electrons. The Morgan fingerprint density at radius 2 is 2.31 bits per heavy atom. The Morgan fingerprint density at radius 1 is 1.69 bits per heavy atom. The average Bonchev–Trinajstić information content (AvgIpc) is 2.23. The number of carboxylic acid groups (broad SMARTS) is 1. The number of halogens is 2. The molecule has 0 radical (unpaired) electrons. The van der Waals surface area contributed by atoms with Crippen LogP contribution in [0.1, 0.15) is 11.5 Å². The summed E-state index contributed by atoms with van der Waals surface area (Å²) < 4.78 is 5.64. The summed E-state index contributed by atoms with van der Waals surface area (Å²) in [5.41, 5.74) is 5.94. The number of nitrogens with two attached hydrogens (primary N) is 1. The first-order valence-corrected chi connectivity index (χ1v) is 5.64. The molecule has 1 rings (SSSR count). The standard InChI is InChI=1S/C10H11BrClNO3/c1-16-8-3-5(12)2-6(9(8)11)7(4-13)10(14)15/h2-3,7H,4,13H2,1H3,(H,14,15). The maximum absolute atomic E-state index is 11.0. The van der Waals surface area contributed by atoms with Gasteiger partial charge < -0.3 is 15.6 Å². The highest BCUT2D eigenvalue weighted by atomic mass is 79.9. The summed E-state index contributed by atoms with van der Waals surface area (Å²) in [5, 5.41) is 9.43. The first-order chi connectivity index (χ1) is 7.51. The molecule has 6 heteroatoms. The van der Waals surface area contributed by atoms with Crippen molar-refractivity contribution in [3.05, 3.63) is 27.2 Å². The number of ether oxygens (including phenoxy) is 1. The largest absolute Gasteiger partial charge is 0.496 e. The highest BCUT2D eigenvalue weighted by molar-refractivity contribution is 9.10. The molecule has 4 nitrogen and oxygen atoms in total. The summed E-state index contributed by atoms with van der Waals surface area (Å²) in [5.74, 6) is -1.31. The second kappa shape index (κ2) is 5.52. The highest BCUT2D eigenvalue weighted by Gasteiger charge is 2.23. The zero-order chi connectivity index (χ0) is 12.3. The third-order valence-corrected chi connectivity index (χ3v) is 3.23. The van der Waals surface area contributed by atoms with Gasteiger partial charge in [-0.15, -0.1) is 0 Å². The molecule has 0 saturated heterocycles. The molecule has 0 saturated carbocycles. The van der Waals surface area contributed by atoms with Gasteiger partial charge in [0.25, 0.3) is 0 Å². The number of benzene rings is 1. The van der Waals surface area contributed by atoms with Gasteiger partial charge in [0.15, 0.2) is 0 Å². The van der Waals surface area contributed by atoms with E-state index in [0.717, 1.165) is 0 Å². The first kappa shape index (κ1) is 13.3. The molecule has 0 aromatic heterocycles. The predicted octanol–water partition coefficient (Wildman–Crippen LogP) is 2.24. The van der Waals surface area contributed by atoms with Crippen LogP contribution < -0.4 is 10.5 Å². The van der Waals surface area contributed by atoms with Crippen LogP contribution in [0.5, 0.6) is 5.75 Å². The maximum atomic E-state index is 11.0. The van der Waals surface area contributed by atoms with Crippen LogP contribution in [0.25, 0.3) is 0 Å². The normalized spacial score (nSPS) is 12.2. The molecule has 1 aromatic carbocycles. The zero-order valence-electron chi connectivity index (χ0n) is 8.54. The summed E-state index contributed by atoms with van der Waals surface area (Å²) in [6, 6.07) is 3.17. The van der Waals surface area contributed by atoms with Crippen LogP contribution >= 0.6 is 27.5 Å². The van der Waals surface area contributed by atoms with E-state index in [1.54, 1.807) is 12.1 Å². The Balaban J connectivity index is 3.31. The molecule has 0 aliphatic heterocycles. The van der Waals surface area contributed by atoms with Crippen molar-refractivity contribution in [3.8, 4) is 5.75 Å². The molecule has 3 N–H and O–H groups in total. The molecule has 0 spiro atoms. The summed E-state index contributed by atoms with van der Waals surface area (Å²) in [4.78, 5) is 11.0. The van der Waals surface area contributed by atoms with E-state index < -0.39 is 11.9 Å². The molecule has 0 heterocycles. The van der Waals surface area contributed by atoms with Crippen molar-refractivity contribution in [2.24, 2.45) is 5.73 Å². The van der Waals surface area contributed by atoms with E-state index >= 15 is 0 Å². The molecular formula is C10H11BrClNO3. The summed E-state index contributed by atoms with van der Waals surface area (Å²) >= 11 is 9.15. The zero-order valence-corrected chi connectivity index (χ0v) is 10.9. The molecule has 1 unspecified atom stereocenters. The van der Waals surface area contributed by atoms with E-state index in [1.165, 1.54) is 7.11 Å². The van der Waals surface area contributed by atoms with Crippen molar-refractivity contribution in [2.75, 3.05) is 13.7 Å². The number of carboxylic acids is 1. The second-order valence-electron chi connectivity index (χ2n) is 3.14. The van der Waals surface area contributed by atoms with Crippen LogP contribution in [0.3, 0.4) is 0 Å². The van der Waals surface area contributed by atoms with Crippen LogP contribution in [0.4, 0.5) is 0 Å². The van der Waals surface area contributed by atoms with Crippen molar-refractivity contribution >= 4 is 33.5 Å². The third-order valence-electron chi connectivity index (χ3n) is 2.16. The Bertz CT molecular complexity index is 411. The molecule has 1 aromatic rings. The van der Waals surface area contributed by atoms with Crippen LogP contribution in [0.15, 0.2) is 16.6 Å². The first-order valence-electron chi connectivity index (χ1n) is 4.47. The summed E-state index contributed by atoms with van der Waals surface area (Å²) in [6.07, 6.45) is 0. The fourth-order valence-electron chi connectivity index (χ4n) is 1.35. The summed E-state index contributed by atoms with van der Waals surface area (Å²) in [7, 11) is 1.48. The van der Waals surface area contributed by atoms with E-state index in [-0.39, 0.29) is 6.54 Å². The van der Waals surface area contributed by atoms with Gasteiger partial charge in [0, 0.05) is 11.6 Å². The maximum Gasteiger partial charge on any atom is 0.312 e. The molecular weight excluding hydrogens is 297 g/mol. The lowest BCUT2D eigenvalue weighted by molar-refractivity contribution is -0.138. The number of hydrogen-bond donors (Lipinski definition) is 2. The fourth-order valence-corrected chi connectivity index (χ4v) is 2.23. The van der Waals surface area contributed by atoms with Gasteiger partial charge >= 0.3 is 5.97 Å². The van der Waals surface area contributed by atoms with Gasteiger partial charge in [0.05, 0.1) is 17.5 Å². The lowest BCUT2D eigenvalue weighted by Crippen LogP contribution is -2.21. The van der Waals surface area contributed by atoms with Crippen LogP contribution in [-0.2, 0) is 4.79 Å². The molecule has 0 fully saturated rings. The number of aliphatic carboxylic acids is 1. The van der Waals surface area contributed by atoms with Gasteiger partial charge in [-0.1, -0.05) is 11.6 Å². The molecule has 0 amide bonds. The van der Waals surface area contributed by atoms with E-state index in [1.807, 2.05) is 0 Å². The number of hydrogen-bond acceptors (Lipinski definition) is 3. The SMILES string of the molecule is COc1cc(Cl)cc(C(CN)C(=O)O)c1Br. The molecule has 0 bridgehead atoms. The van der Waals surface area contributed by atoms with E-state index in [9.17, 15) is 4.79 Å². The van der Waals surface area contributed by atoms with Crippen molar-refractivity contribution in [3.63, 3.8) is 0 Å². The van der Waals surface area contributed by atoms with Crippen molar-refractivity contribution in [1.82, 2.24) is 0 Å². The van der Waals surface area contributed by atoms with Crippen LogP contribution in [0, 0.1) is 0 Å². The van der Waals surface area contributed by atoms with Gasteiger partial charge in [-0.25, -0.2) is 0 Å². The fraction of sp³-hybridized carbons (Fsp3) is 0.300. The summed E-state index contributed by atoms with van der Waals surface area (Å²) in [6.45, 7) is -0.00255. The topological polar surface area (TPSA) is 72.5 Å². The number of methoxy groups -OCH3 is 1. The number of carbonyl (C=O) groups is 1. The second-order valence-corrected chi connectivity index (χ2v) is 4.37. The molecule has 0 aliphatic rings. The van der Waals surface area contributed by atoms with E-state index in [2.05, 4.69) is 15.9 Å². The van der Waals surface area contributed by atoms with Gasteiger partial charge in [0.1, 0.15) is 5.75 Å². The lowest BCUT2D eigenvalue weighted by atomic mass is 9.99. The Kier molecular flexibility index (Phi) is 4.58. The number of rotatable bonds is 4. The molecule has 0 aliphatic carbocycles. The minimum absolute atomic E-state index is 0.00255. The van der Waals surface area contributed by atoms with Gasteiger partial charge in [-0.3, -0.25) is 4.79 Å². The van der Waals surface area contributed by atoms with E-state index in [4.69, 9.17) is 27.2 Å². The van der Waals surface area contributed by atoms with Crippen molar-refractivity contribution < 1.29 is 14.6 Å². The minimum Gasteiger partial charge on any atom is -0.496 e. The van der Waals surface area contributed by atoms with Crippen LogP contribution in [-0.4, -0.2) is 24.7 Å². The molecule has 16 heavy (non-hydrogen) atoms.